The molecule has 0 aromatic carbocycles. The van der Waals surface area contributed by atoms with Crippen molar-refractivity contribution < 1.29 is 18.1 Å². The quantitative estimate of drug-likeness (QED) is 0.563. The predicted molar refractivity (Wildman–Crippen MR) is 82.4 cm³/mol. The molecule has 0 bridgehead atoms. The molecule has 0 heterocycles. The first-order valence-corrected chi connectivity index (χ1v) is 9.57. The number of hydrogen-bond donors (Lipinski definition) is 1. The van der Waals surface area contributed by atoms with E-state index in [4.69, 9.17) is 13.3 Å². The van der Waals surface area contributed by atoms with Gasteiger partial charge in [0.1, 0.15) is 0 Å². The summed E-state index contributed by atoms with van der Waals surface area (Å²) < 4.78 is 17.9. The van der Waals surface area contributed by atoms with Crippen molar-refractivity contribution in [1.29, 1.82) is 0 Å². The number of carbonyl (C=O) groups excluding carboxylic acids is 1. The fraction of sp³-hybridized carbons (Fsp3) is 0.929. The molecule has 1 N–H and O–H groups in total. The van der Waals surface area contributed by atoms with Crippen LogP contribution in [0.1, 0.15) is 60.3 Å². The summed E-state index contributed by atoms with van der Waals surface area (Å²) in [7, 11) is -2.87. The summed E-state index contributed by atoms with van der Waals surface area (Å²) in [6, 6.07) is 0. The molecule has 1 amide bonds. The molecule has 120 valence electrons. The average molecular weight is 305 g/mol. The van der Waals surface area contributed by atoms with E-state index in [2.05, 4.69) is 5.32 Å². The second-order valence-electron chi connectivity index (χ2n) is 4.79. The lowest BCUT2D eigenvalue weighted by Gasteiger charge is -2.34. The van der Waals surface area contributed by atoms with E-state index < -0.39 is 8.80 Å². The minimum absolute atomic E-state index is 0.00493. The van der Waals surface area contributed by atoms with Gasteiger partial charge >= 0.3 is 8.80 Å². The third-order valence-electron chi connectivity index (χ3n) is 2.75. The molecule has 0 spiro atoms. The van der Waals surface area contributed by atoms with Gasteiger partial charge < -0.3 is 18.6 Å². The molecule has 0 aliphatic rings. The fourth-order valence-electron chi connectivity index (χ4n) is 1.66. The van der Waals surface area contributed by atoms with Crippen LogP contribution >= 0.6 is 0 Å². The van der Waals surface area contributed by atoms with Crippen molar-refractivity contribution in [3.8, 4) is 0 Å². The third-order valence-corrected chi connectivity index (χ3v) is 5.78. The van der Waals surface area contributed by atoms with E-state index in [1.54, 1.807) is 0 Å². The van der Waals surface area contributed by atoms with Crippen LogP contribution in [-0.4, -0.2) is 40.2 Å². The molecule has 0 saturated heterocycles. The highest BCUT2D eigenvalue weighted by Gasteiger charge is 2.48. The molecule has 6 heteroatoms. The van der Waals surface area contributed by atoms with Gasteiger partial charge in [0.05, 0.1) is 5.67 Å². The summed E-state index contributed by atoms with van der Waals surface area (Å²) in [4.78, 5) is 11.6. The summed E-state index contributed by atoms with van der Waals surface area (Å²) in [5.41, 5.74) is -0.223. The summed E-state index contributed by atoms with van der Waals surface area (Å²) in [5, 5.41) is 2.94. The van der Waals surface area contributed by atoms with Gasteiger partial charge in [-0.25, -0.2) is 0 Å². The molecule has 0 aromatic rings. The fourth-order valence-corrected chi connectivity index (χ4v) is 4.47. The van der Waals surface area contributed by atoms with Crippen LogP contribution in [0, 0.1) is 0 Å². The molecule has 5 nitrogen and oxygen atoms in total. The Labute approximate surface area is 124 Å². The largest absolute Gasteiger partial charge is 0.524 e. The Morgan fingerprint density at radius 3 is 1.65 bits per heavy atom. The molecule has 20 heavy (non-hydrogen) atoms. The third kappa shape index (κ3) is 6.83. The highest BCUT2D eigenvalue weighted by atomic mass is 28.4. The topological polar surface area (TPSA) is 56.8 Å². The molecule has 0 aromatic heterocycles. The van der Waals surface area contributed by atoms with E-state index in [9.17, 15) is 4.79 Å². The van der Waals surface area contributed by atoms with Crippen LogP contribution in [0.5, 0.6) is 0 Å². The minimum Gasteiger partial charge on any atom is -0.372 e. The van der Waals surface area contributed by atoms with Crippen LogP contribution in [0.2, 0.25) is 0 Å². The van der Waals surface area contributed by atoms with Crippen molar-refractivity contribution >= 4 is 14.7 Å². The van der Waals surface area contributed by atoms with Gasteiger partial charge in [-0.2, -0.15) is 0 Å². The lowest BCUT2D eigenvalue weighted by Crippen LogP contribution is -2.62. The maximum absolute atomic E-state index is 11.6. The van der Waals surface area contributed by atoms with Gasteiger partial charge in [-0.1, -0.05) is 27.7 Å². The maximum atomic E-state index is 11.6. The Morgan fingerprint density at radius 1 is 0.950 bits per heavy atom. The maximum Gasteiger partial charge on any atom is 0.524 e. The first-order chi connectivity index (χ1) is 9.56. The number of hydrogen-bond acceptors (Lipinski definition) is 4. The second kappa shape index (κ2) is 11.3. The Hall–Kier alpha value is -0.433. The van der Waals surface area contributed by atoms with E-state index in [0.717, 1.165) is 19.3 Å². The van der Waals surface area contributed by atoms with Gasteiger partial charge in [0.25, 0.3) is 0 Å². The molecule has 0 fully saturated rings. The molecular formula is C14H31NO4Si. The zero-order chi connectivity index (χ0) is 15.4. The number of nitrogens with one attached hydrogen (secondary N) is 1. The van der Waals surface area contributed by atoms with E-state index in [1.807, 2.05) is 34.6 Å². The van der Waals surface area contributed by atoms with E-state index >= 15 is 0 Å². The van der Waals surface area contributed by atoms with E-state index in [0.29, 0.717) is 26.2 Å². The van der Waals surface area contributed by atoms with E-state index in [1.165, 1.54) is 0 Å². The Bertz CT molecular complexity index is 242. The average Bonchev–Trinajstić information content (AvgIpc) is 2.46. The summed E-state index contributed by atoms with van der Waals surface area (Å²) in [6.45, 7) is 11.7. The second-order valence-corrected chi connectivity index (χ2v) is 7.73. The Morgan fingerprint density at radius 2 is 1.35 bits per heavy atom. The lowest BCUT2D eigenvalue weighted by atomic mass is 10.4. The number of rotatable bonds is 12. The van der Waals surface area contributed by atoms with Crippen LogP contribution in [-0.2, 0) is 18.1 Å². The van der Waals surface area contributed by atoms with Gasteiger partial charge in [0.2, 0.25) is 5.91 Å². The predicted octanol–water partition coefficient (Wildman–Crippen LogP) is 2.66. The van der Waals surface area contributed by atoms with Crippen LogP contribution in [0.15, 0.2) is 0 Å². The molecule has 0 saturated carbocycles. The van der Waals surface area contributed by atoms with Crippen molar-refractivity contribution in [1.82, 2.24) is 5.32 Å². The summed E-state index contributed by atoms with van der Waals surface area (Å²) in [5.74, 6) is -0.00493. The summed E-state index contributed by atoms with van der Waals surface area (Å²) in [6.07, 6.45) is 3.14. The van der Waals surface area contributed by atoms with Crippen LogP contribution in [0.3, 0.4) is 0 Å². The SMILES string of the molecule is CCCO[Si](OCCC)(OCCC)C(C)NC(=O)CC. The van der Waals surface area contributed by atoms with Crippen LogP contribution < -0.4 is 5.32 Å². The molecule has 0 aliphatic carbocycles. The first-order valence-electron chi connectivity index (χ1n) is 7.77. The highest BCUT2D eigenvalue weighted by Crippen LogP contribution is 2.17. The molecule has 0 aliphatic heterocycles. The molecule has 0 radical (unpaired) electrons. The zero-order valence-electron chi connectivity index (χ0n) is 13.7. The smallest absolute Gasteiger partial charge is 0.372 e. The number of carbonyl (C=O) groups is 1. The standard InChI is InChI=1S/C14H31NO4Si/c1-6-10-17-20(18-11-7-2,19-12-8-3)13(5)15-14(16)9-4/h13H,6-12H2,1-5H3,(H,15,16). The van der Waals surface area contributed by atoms with Gasteiger partial charge in [-0.05, 0) is 26.2 Å². The van der Waals surface area contributed by atoms with Crippen LogP contribution in [0.4, 0.5) is 0 Å². The van der Waals surface area contributed by atoms with Crippen LogP contribution in [0.25, 0.3) is 0 Å². The minimum atomic E-state index is -2.87. The Kier molecular flexibility index (Phi) is 11.0. The van der Waals surface area contributed by atoms with Crippen molar-refractivity contribution in [2.75, 3.05) is 19.8 Å². The van der Waals surface area contributed by atoms with Gasteiger partial charge in [-0.3, -0.25) is 4.79 Å². The van der Waals surface area contributed by atoms with Crippen molar-refractivity contribution in [3.63, 3.8) is 0 Å². The molecule has 1 unspecified atom stereocenters. The van der Waals surface area contributed by atoms with Gasteiger partial charge in [0, 0.05) is 26.2 Å². The van der Waals surface area contributed by atoms with Gasteiger partial charge in [0.15, 0.2) is 0 Å². The van der Waals surface area contributed by atoms with Crippen molar-refractivity contribution in [2.45, 2.75) is 66.0 Å². The molecular weight excluding hydrogens is 274 g/mol. The van der Waals surface area contributed by atoms with Crippen molar-refractivity contribution in [2.24, 2.45) is 0 Å². The molecule has 1 atom stereocenters. The summed E-state index contributed by atoms with van der Waals surface area (Å²) >= 11 is 0. The normalized spacial score (nSPS) is 13.2. The Balaban J connectivity index is 4.94. The first kappa shape index (κ1) is 19.6. The highest BCUT2D eigenvalue weighted by molar-refractivity contribution is 6.62. The van der Waals surface area contributed by atoms with E-state index in [-0.39, 0.29) is 11.6 Å². The van der Waals surface area contributed by atoms with Crippen molar-refractivity contribution in [3.05, 3.63) is 0 Å². The lowest BCUT2D eigenvalue weighted by molar-refractivity contribution is -0.121. The monoisotopic (exact) mass is 305 g/mol. The molecule has 0 rings (SSSR count). The van der Waals surface area contributed by atoms with Gasteiger partial charge in [-0.15, -0.1) is 0 Å². The zero-order valence-corrected chi connectivity index (χ0v) is 14.7. The number of amides is 1.